The maximum absolute atomic E-state index is 3.78. The molecule has 2 atom stereocenters. The average Bonchev–Trinajstić information content (AvgIpc) is 3.62. The minimum Gasteiger partial charge on any atom is -0.247 e. The van der Waals surface area contributed by atoms with Gasteiger partial charge in [-0.1, -0.05) is 245 Å². The van der Waals surface area contributed by atoms with Crippen LogP contribution in [0.15, 0.2) is 12.4 Å². The number of unbranched alkanes of at least 4 members (excludes halogenated alkanes) is 33. The molecular weight excluding hydrogens is 605 g/mol. The molecular formula is C48H95N2+. The van der Waals surface area contributed by atoms with Crippen LogP contribution >= 0.6 is 0 Å². The van der Waals surface area contributed by atoms with Crippen LogP contribution < -0.4 is 4.57 Å². The van der Waals surface area contributed by atoms with Crippen molar-refractivity contribution in [1.29, 1.82) is 0 Å². The second kappa shape index (κ2) is 38.0. The molecule has 1 N–H and O–H groups in total. The number of imidazole rings is 1. The third kappa shape index (κ3) is 28.8. The Balaban J connectivity index is 2.38. The molecule has 0 fully saturated rings. The first-order chi connectivity index (χ1) is 24.7. The van der Waals surface area contributed by atoms with E-state index >= 15 is 0 Å². The molecule has 296 valence electrons. The fraction of sp³-hybridized carbons (Fsp3) is 0.938. The quantitative estimate of drug-likeness (QED) is 0.0518. The topological polar surface area (TPSA) is 19.7 Å². The van der Waals surface area contributed by atoms with Crippen molar-refractivity contribution in [2.24, 2.45) is 0 Å². The zero-order valence-electron chi connectivity index (χ0n) is 35.3. The van der Waals surface area contributed by atoms with Crippen LogP contribution in [0.5, 0.6) is 0 Å². The summed E-state index contributed by atoms with van der Waals surface area (Å²) >= 11 is 0. The Morgan fingerprint density at radius 1 is 0.380 bits per heavy atom. The lowest BCUT2D eigenvalue weighted by Crippen LogP contribution is -2.41. The number of aromatic nitrogens is 2. The molecule has 0 amide bonds. The number of aromatic amines is 1. The number of nitrogens with one attached hydrogen (secondary N) is 1. The van der Waals surface area contributed by atoms with Gasteiger partial charge in [0.25, 0.3) is 5.82 Å². The average molecular weight is 700 g/mol. The van der Waals surface area contributed by atoms with Crippen molar-refractivity contribution in [2.45, 2.75) is 290 Å². The zero-order valence-corrected chi connectivity index (χ0v) is 35.3. The predicted octanol–water partition coefficient (Wildman–Crippen LogP) is 17.2. The Morgan fingerprint density at radius 2 is 0.640 bits per heavy atom. The van der Waals surface area contributed by atoms with E-state index in [1.165, 1.54) is 250 Å². The van der Waals surface area contributed by atoms with Gasteiger partial charge in [0.2, 0.25) is 0 Å². The van der Waals surface area contributed by atoms with Crippen molar-refractivity contribution in [2.75, 3.05) is 0 Å². The zero-order chi connectivity index (χ0) is 36.0. The van der Waals surface area contributed by atoms with E-state index in [9.17, 15) is 0 Å². The fourth-order valence-electron chi connectivity index (χ4n) is 8.37. The monoisotopic (exact) mass is 700 g/mol. The van der Waals surface area contributed by atoms with Gasteiger partial charge in [0.15, 0.2) is 0 Å². The molecule has 0 aliphatic rings. The Kier molecular flexibility index (Phi) is 35.8. The molecule has 1 heterocycles. The van der Waals surface area contributed by atoms with Gasteiger partial charge in [-0.25, -0.2) is 9.55 Å². The highest BCUT2D eigenvalue weighted by atomic mass is 15.1. The van der Waals surface area contributed by atoms with Crippen molar-refractivity contribution in [1.82, 2.24) is 4.98 Å². The standard InChI is InChI=1S/C48H94N2/c1-5-8-11-14-17-20-23-25-26-28-31-34-37-40-43-47(42-39-36-33-30-27-24-21-18-15-12-9-6-2)48-49-44-45-50(48)46(4)41-38-35-32-29-22-19-16-13-10-7-3/h44-47H,5-43H2,1-4H3/p+1. The van der Waals surface area contributed by atoms with Crippen LogP contribution in [0, 0.1) is 0 Å². The van der Waals surface area contributed by atoms with Crippen molar-refractivity contribution in [3.63, 3.8) is 0 Å². The van der Waals surface area contributed by atoms with E-state index in [0.717, 1.165) is 0 Å². The summed E-state index contributed by atoms with van der Waals surface area (Å²) in [7, 11) is 0. The van der Waals surface area contributed by atoms with E-state index in [1.807, 2.05) is 0 Å². The van der Waals surface area contributed by atoms with Gasteiger partial charge in [-0.15, -0.1) is 0 Å². The Labute approximate surface area is 316 Å². The molecule has 0 aliphatic heterocycles. The second-order valence-corrected chi connectivity index (χ2v) is 16.8. The van der Waals surface area contributed by atoms with Gasteiger partial charge in [0, 0.05) is 0 Å². The van der Waals surface area contributed by atoms with Crippen molar-refractivity contribution in [3.05, 3.63) is 18.2 Å². The van der Waals surface area contributed by atoms with E-state index in [4.69, 9.17) is 0 Å². The summed E-state index contributed by atoms with van der Waals surface area (Å²) in [6.45, 7) is 9.44. The van der Waals surface area contributed by atoms with Gasteiger partial charge in [0.1, 0.15) is 12.4 Å². The van der Waals surface area contributed by atoms with Crippen molar-refractivity contribution in [3.8, 4) is 0 Å². The summed E-state index contributed by atoms with van der Waals surface area (Å²) in [5.41, 5.74) is 0. The Morgan fingerprint density at radius 3 is 0.940 bits per heavy atom. The minimum atomic E-state index is 0.617. The first-order valence-electron chi connectivity index (χ1n) is 23.8. The molecule has 0 bridgehead atoms. The summed E-state index contributed by atoms with van der Waals surface area (Å²) in [5, 5.41) is 0. The number of rotatable bonds is 41. The minimum absolute atomic E-state index is 0.617. The summed E-state index contributed by atoms with van der Waals surface area (Å²) in [6.07, 6.45) is 60.6. The lowest BCUT2D eigenvalue weighted by molar-refractivity contribution is -0.727. The molecule has 0 saturated carbocycles. The number of H-pyrrole nitrogens is 1. The summed E-state index contributed by atoms with van der Waals surface area (Å²) in [5.74, 6) is 2.25. The smallest absolute Gasteiger partial charge is 0.247 e. The highest BCUT2D eigenvalue weighted by Crippen LogP contribution is 2.28. The SMILES string of the molecule is CCCCCCCCCCCCCCCCC(CCCCCCCCCCCCCC)c1[nH]cc[n+]1C(C)CCCCCCCCCCCC. The van der Waals surface area contributed by atoms with Crippen LogP contribution in [0.2, 0.25) is 0 Å². The number of hydrogen-bond donors (Lipinski definition) is 1. The van der Waals surface area contributed by atoms with Crippen LogP contribution in [0.1, 0.15) is 296 Å². The number of nitrogens with zero attached hydrogens (tertiary/aromatic N) is 1. The predicted molar refractivity (Wildman–Crippen MR) is 226 cm³/mol. The first kappa shape index (κ1) is 47.2. The van der Waals surface area contributed by atoms with Crippen LogP contribution in [-0.2, 0) is 0 Å². The molecule has 2 heteroatoms. The van der Waals surface area contributed by atoms with Gasteiger partial charge in [-0.2, -0.15) is 0 Å². The van der Waals surface area contributed by atoms with E-state index in [2.05, 4.69) is 49.6 Å². The third-order valence-electron chi connectivity index (χ3n) is 11.9. The van der Waals surface area contributed by atoms with Gasteiger partial charge >= 0.3 is 0 Å². The van der Waals surface area contributed by atoms with Gasteiger partial charge in [-0.05, 0) is 32.6 Å². The van der Waals surface area contributed by atoms with Crippen molar-refractivity contribution >= 4 is 0 Å². The second-order valence-electron chi connectivity index (χ2n) is 16.8. The third-order valence-corrected chi connectivity index (χ3v) is 11.9. The Bertz CT molecular complexity index is 768. The maximum Gasteiger partial charge on any atom is 0.257 e. The molecule has 0 saturated heterocycles. The van der Waals surface area contributed by atoms with Crippen molar-refractivity contribution < 1.29 is 4.57 Å². The van der Waals surface area contributed by atoms with E-state index in [0.29, 0.717) is 12.0 Å². The van der Waals surface area contributed by atoms with Crippen LogP contribution in [-0.4, -0.2) is 4.98 Å². The largest absolute Gasteiger partial charge is 0.257 e. The highest BCUT2D eigenvalue weighted by molar-refractivity contribution is 4.90. The van der Waals surface area contributed by atoms with Crippen LogP contribution in [0.3, 0.4) is 0 Å². The molecule has 2 unspecified atom stereocenters. The number of hydrogen-bond acceptors (Lipinski definition) is 0. The molecule has 0 spiro atoms. The van der Waals surface area contributed by atoms with Gasteiger partial charge < -0.3 is 0 Å². The molecule has 50 heavy (non-hydrogen) atoms. The summed E-state index contributed by atoms with van der Waals surface area (Å²) < 4.78 is 2.66. The molecule has 1 aromatic rings. The van der Waals surface area contributed by atoms with Crippen LogP contribution in [0.25, 0.3) is 0 Å². The summed E-state index contributed by atoms with van der Waals surface area (Å²) in [4.78, 5) is 3.78. The lowest BCUT2D eigenvalue weighted by Gasteiger charge is -2.17. The molecule has 0 aromatic carbocycles. The molecule has 0 radical (unpaired) electrons. The van der Waals surface area contributed by atoms with E-state index in [-0.39, 0.29) is 0 Å². The Hall–Kier alpha value is -0.790. The van der Waals surface area contributed by atoms with Crippen LogP contribution in [0.4, 0.5) is 0 Å². The molecule has 0 aliphatic carbocycles. The van der Waals surface area contributed by atoms with Gasteiger partial charge in [-0.3, -0.25) is 0 Å². The first-order valence-corrected chi connectivity index (χ1v) is 23.8. The fourth-order valence-corrected chi connectivity index (χ4v) is 8.37. The maximum atomic E-state index is 3.78. The summed E-state index contributed by atoms with van der Waals surface area (Å²) in [6, 6.07) is 0.617. The van der Waals surface area contributed by atoms with E-state index < -0.39 is 0 Å². The van der Waals surface area contributed by atoms with E-state index in [1.54, 1.807) is 5.82 Å². The lowest BCUT2D eigenvalue weighted by atomic mass is 9.92. The van der Waals surface area contributed by atoms with Gasteiger partial charge in [0.05, 0.1) is 12.0 Å². The molecule has 1 rings (SSSR count). The molecule has 2 nitrogen and oxygen atoms in total. The highest BCUT2D eigenvalue weighted by Gasteiger charge is 2.25. The normalized spacial score (nSPS) is 13.0. The molecule has 1 aromatic heterocycles.